The fourth-order valence-electron chi connectivity index (χ4n) is 3.43. The van der Waals surface area contributed by atoms with E-state index in [1.54, 1.807) is 29.5 Å². The third kappa shape index (κ3) is 4.04. The molecule has 3 aromatic rings. The van der Waals surface area contributed by atoms with Crippen molar-refractivity contribution in [2.45, 2.75) is 31.4 Å². The molecular weight excluding hydrogens is 362 g/mol. The van der Waals surface area contributed by atoms with Crippen LogP contribution in [0.15, 0.2) is 59.3 Å². The van der Waals surface area contributed by atoms with Gasteiger partial charge < -0.3 is 14.4 Å². The Morgan fingerprint density at radius 3 is 2.96 bits per heavy atom. The Morgan fingerprint density at radius 1 is 1.33 bits per heavy atom. The zero-order valence-electron chi connectivity index (χ0n) is 14.7. The number of thiazole rings is 1. The van der Waals surface area contributed by atoms with Crippen LogP contribution in [0.4, 0.5) is 9.93 Å². The monoisotopic (exact) mass is 383 g/mol. The summed E-state index contributed by atoms with van der Waals surface area (Å²) in [5, 5.41) is 13.8. The summed E-state index contributed by atoms with van der Waals surface area (Å²) in [4.78, 5) is 19.8. The number of urea groups is 1. The standard InChI is InChI=1S/C20H21N3O3S/c24-16(17-9-5-11-26-17)12-15-8-4-10-23(15)20(25)22-19-21-13-18(27-19)14-6-2-1-3-7-14/h1-3,5-7,9,11,13,15-16,24H,4,8,10,12H2,(H,21,22,25). The second-order valence-electron chi connectivity index (χ2n) is 6.58. The first-order valence-electron chi connectivity index (χ1n) is 9.01. The van der Waals surface area contributed by atoms with Crippen molar-refractivity contribution >= 4 is 22.5 Å². The maximum atomic E-state index is 12.7. The highest BCUT2D eigenvalue weighted by molar-refractivity contribution is 7.19. The van der Waals surface area contributed by atoms with Crippen molar-refractivity contribution in [3.63, 3.8) is 0 Å². The molecule has 2 atom stereocenters. The number of amides is 2. The van der Waals surface area contributed by atoms with E-state index in [9.17, 15) is 9.90 Å². The quantitative estimate of drug-likeness (QED) is 0.679. The summed E-state index contributed by atoms with van der Waals surface area (Å²) in [6.45, 7) is 0.679. The number of hydrogen-bond acceptors (Lipinski definition) is 5. The van der Waals surface area contributed by atoms with Crippen LogP contribution in [0.2, 0.25) is 0 Å². The molecule has 7 heteroatoms. The van der Waals surface area contributed by atoms with Gasteiger partial charge in [0.1, 0.15) is 11.9 Å². The van der Waals surface area contributed by atoms with Crippen LogP contribution in [0.5, 0.6) is 0 Å². The highest BCUT2D eigenvalue weighted by atomic mass is 32.1. The SMILES string of the molecule is O=C(Nc1ncc(-c2ccccc2)s1)N1CCCC1CC(O)c1ccco1. The van der Waals surface area contributed by atoms with Gasteiger partial charge in [0, 0.05) is 25.2 Å². The number of carbonyl (C=O) groups is 1. The van der Waals surface area contributed by atoms with Crippen molar-refractivity contribution in [3.05, 3.63) is 60.7 Å². The van der Waals surface area contributed by atoms with Crippen LogP contribution in [-0.2, 0) is 0 Å². The van der Waals surface area contributed by atoms with Crippen molar-refractivity contribution in [3.8, 4) is 10.4 Å². The molecule has 0 radical (unpaired) electrons. The molecule has 3 heterocycles. The summed E-state index contributed by atoms with van der Waals surface area (Å²) in [5.41, 5.74) is 1.08. The van der Waals surface area contributed by atoms with E-state index in [2.05, 4.69) is 10.3 Å². The second kappa shape index (κ2) is 7.94. The molecule has 27 heavy (non-hydrogen) atoms. The van der Waals surface area contributed by atoms with E-state index in [-0.39, 0.29) is 12.1 Å². The Kier molecular flexibility index (Phi) is 5.22. The summed E-state index contributed by atoms with van der Waals surface area (Å²) in [5.74, 6) is 0.537. The normalized spacial score (nSPS) is 17.8. The zero-order chi connectivity index (χ0) is 18.6. The minimum Gasteiger partial charge on any atom is -0.467 e. The molecule has 1 saturated heterocycles. The average molecular weight is 383 g/mol. The lowest BCUT2D eigenvalue weighted by Gasteiger charge is -2.25. The van der Waals surface area contributed by atoms with Crippen molar-refractivity contribution in [2.75, 3.05) is 11.9 Å². The summed E-state index contributed by atoms with van der Waals surface area (Å²) in [7, 11) is 0. The van der Waals surface area contributed by atoms with E-state index >= 15 is 0 Å². The number of aromatic nitrogens is 1. The van der Waals surface area contributed by atoms with Gasteiger partial charge in [-0.2, -0.15) is 0 Å². The minimum atomic E-state index is -0.706. The van der Waals surface area contributed by atoms with Crippen LogP contribution in [0.25, 0.3) is 10.4 Å². The van der Waals surface area contributed by atoms with E-state index in [1.807, 2.05) is 30.3 Å². The summed E-state index contributed by atoms with van der Waals surface area (Å²) in [6, 6.07) is 13.3. The van der Waals surface area contributed by atoms with Gasteiger partial charge in [-0.25, -0.2) is 9.78 Å². The first kappa shape index (κ1) is 17.8. The Bertz CT molecular complexity index is 879. The third-order valence-electron chi connectivity index (χ3n) is 4.78. The van der Waals surface area contributed by atoms with Gasteiger partial charge in [0.25, 0.3) is 0 Å². The van der Waals surface area contributed by atoms with E-state index in [0.29, 0.717) is 23.9 Å². The maximum absolute atomic E-state index is 12.7. The topological polar surface area (TPSA) is 78.6 Å². The van der Waals surface area contributed by atoms with Gasteiger partial charge in [0.15, 0.2) is 5.13 Å². The third-order valence-corrected chi connectivity index (χ3v) is 5.74. The van der Waals surface area contributed by atoms with Crippen LogP contribution in [0.3, 0.4) is 0 Å². The lowest BCUT2D eigenvalue weighted by Crippen LogP contribution is -2.39. The number of nitrogens with zero attached hydrogens (tertiary/aromatic N) is 2. The smallest absolute Gasteiger partial charge is 0.323 e. The Morgan fingerprint density at radius 2 is 2.19 bits per heavy atom. The lowest BCUT2D eigenvalue weighted by atomic mass is 10.1. The highest BCUT2D eigenvalue weighted by Crippen LogP contribution is 2.31. The number of anilines is 1. The molecule has 0 spiro atoms. The summed E-state index contributed by atoms with van der Waals surface area (Å²) < 4.78 is 5.26. The fraction of sp³-hybridized carbons (Fsp3) is 0.300. The van der Waals surface area contributed by atoms with Gasteiger partial charge >= 0.3 is 6.03 Å². The number of rotatable bonds is 5. The van der Waals surface area contributed by atoms with Gasteiger partial charge in [0.05, 0.1) is 11.1 Å². The van der Waals surface area contributed by atoms with Crippen LogP contribution in [-0.4, -0.2) is 33.6 Å². The van der Waals surface area contributed by atoms with Gasteiger partial charge in [-0.05, 0) is 30.5 Å². The molecule has 0 bridgehead atoms. The highest BCUT2D eigenvalue weighted by Gasteiger charge is 2.31. The number of hydrogen-bond donors (Lipinski definition) is 2. The number of likely N-dealkylation sites (tertiary alicyclic amines) is 1. The number of carbonyl (C=O) groups excluding carboxylic acids is 1. The zero-order valence-corrected chi connectivity index (χ0v) is 15.6. The van der Waals surface area contributed by atoms with Crippen molar-refractivity contribution in [1.29, 1.82) is 0 Å². The largest absolute Gasteiger partial charge is 0.467 e. The molecule has 2 amide bonds. The molecular formula is C20H21N3O3S. The first-order chi connectivity index (χ1) is 13.2. The van der Waals surface area contributed by atoms with E-state index in [4.69, 9.17) is 4.42 Å². The van der Waals surface area contributed by atoms with Gasteiger partial charge in [0.2, 0.25) is 0 Å². The minimum absolute atomic E-state index is 0.0151. The Hall–Kier alpha value is -2.64. The molecule has 0 saturated carbocycles. The predicted octanol–water partition coefficient (Wildman–Crippen LogP) is 4.52. The van der Waals surface area contributed by atoms with Gasteiger partial charge in [-0.3, -0.25) is 5.32 Å². The molecule has 1 fully saturated rings. The number of aliphatic hydroxyl groups excluding tert-OH is 1. The molecule has 4 rings (SSSR count). The molecule has 1 aliphatic heterocycles. The Balaban J connectivity index is 1.39. The van der Waals surface area contributed by atoms with Gasteiger partial charge in [-0.1, -0.05) is 41.7 Å². The number of furan rings is 1. The summed E-state index contributed by atoms with van der Waals surface area (Å²) in [6.07, 6.45) is 4.88. The van der Waals surface area contributed by atoms with E-state index < -0.39 is 6.10 Å². The van der Waals surface area contributed by atoms with Crippen molar-refractivity contribution < 1.29 is 14.3 Å². The van der Waals surface area contributed by atoms with Crippen molar-refractivity contribution in [2.24, 2.45) is 0 Å². The molecule has 6 nitrogen and oxygen atoms in total. The number of aliphatic hydroxyl groups is 1. The molecule has 1 aliphatic rings. The molecule has 2 aromatic heterocycles. The Labute approximate surface area is 161 Å². The van der Waals surface area contributed by atoms with Gasteiger partial charge in [-0.15, -0.1) is 0 Å². The van der Waals surface area contributed by atoms with E-state index in [1.165, 1.54) is 11.3 Å². The number of benzene rings is 1. The molecule has 140 valence electrons. The number of nitrogens with one attached hydrogen (secondary N) is 1. The van der Waals surface area contributed by atoms with Crippen LogP contribution >= 0.6 is 11.3 Å². The van der Waals surface area contributed by atoms with Crippen molar-refractivity contribution in [1.82, 2.24) is 9.88 Å². The molecule has 2 unspecified atom stereocenters. The first-order valence-corrected chi connectivity index (χ1v) is 9.82. The van der Waals surface area contributed by atoms with Crippen LogP contribution < -0.4 is 5.32 Å². The lowest BCUT2D eigenvalue weighted by molar-refractivity contribution is 0.110. The van der Waals surface area contributed by atoms with Crippen LogP contribution in [0.1, 0.15) is 31.1 Å². The fourth-order valence-corrected chi connectivity index (χ4v) is 4.25. The molecule has 0 aliphatic carbocycles. The molecule has 1 aromatic carbocycles. The summed E-state index contributed by atoms with van der Waals surface area (Å²) >= 11 is 1.45. The molecule has 2 N–H and O–H groups in total. The average Bonchev–Trinajstić information content (AvgIpc) is 3.44. The predicted molar refractivity (Wildman–Crippen MR) is 105 cm³/mol. The van der Waals surface area contributed by atoms with E-state index in [0.717, 1.165) is 23.3 Å². The second-order valence-corrected chi connectivity index (χ2v) is 7.61. The maximum Gasteiger partial charge on any atom is 0.323 e. The van der Waals surface area contributed by atoms with Crippen LogP contribution in [0, 0.1) is 0 Å².